The van der Waals surface area contributed by atoms with Crippen LogP contribution in [-0.2, 0) is 10.2 Å². The molecule has 3 fully saturated rings. The molecule has 0 aliphatic carbocycles. The van der Waals surface area contributed by atoms with E-state index in [2.05, 4.69) is 15.3 Å². The van der Waals surface area contributed by atoms with E-state index in [0.29, 0.717) is 59.7 Å². The molecule has 0 radical (unpaired) electrons. The second-order valence-corrected chi connectivity index (χ2v) is 15.0. The van der Waals surface area contributed by atoms with Gasteiger partial charge in [0.15, 0.2) is 5.82 Å². The maximum absolute atomic E-state index is 16.8. The maximum atomic E-state index is 16.8. The van der Waals surface area contributed by atoms with Crippen LogP contribution in [0.15, 0.2) is 71.8 Å². The number of benzene rings is 3. The van der Waals surface area contributed by atoms with Crippen LogP contribution in [0, 0.1) is 11.7 Å². The molecule has 3 aliphatic heterocycles. The van der Waals surface area contributed by atoms with E-state index in [1.165, 1.54) is 11.0 Å². The van der Waals surface area contributed by atoms with E-state index >= 15 is 4.39 Å². The molecule has 2 bridgehead atoms. The average molecular weight is 751 g/mol. The molecular formula is C36H33ClF2N6O6S. The van der Waals surface area contributed by atoms with Gasteiger partial charge in [-0.1, -0.05) is 48.0 Å². The van der Waals surface area contributed by atoms with Gasteiger partial charge in [-0.15, -0.1) is 3.89 Å². The van der Waals surface area contributed by atoms with E-state index in [1.54, 1.807) is 24.4 Å². The lowest BCUT2D eigenvalue weighted by molar-refractivity contribution is 0.114. The molecule has 0 spiro atoms. The monoisotopic (exact) mass is 750 g/mol. The Labute approximate surface area is 302 Å². The molecule has 16 heteroatoms. The second kappa shape index (κ2) is 13.6. The van der Waals surface area contributed by atoms with Crippen LogP contribution in [0.4, 0.5) is 18.9 Å². The van der Waals surface area contributed by atoms with Crippen molar-refractivity contribution in [2.45, 2.75) is 42.3 Å². The topological polar surface area (TPSA) is 147 Å². The Balaban J connectivity index is 1.11. The quantitative estimate of drug-likeness (QED) is 0.170. The summed E-state index contributed by atoms with van der Waals surface area (Å²) >= 11 is 6.60. The van der Waals surface area contributed by atoms with E-state index < -0.39 is 27.0 Å². The number of ether oxygens (including phenoxy) is 2. The van der Waals surface area contributed by atoms with Crippen molar-refractivity contribution < 1.29 is 36.1 Å². The molecule has 5 aromatic rings. The fourth-order valence-electron chi connectivity index (χ4n) is 7.70. The van der Waals surface area contributed by atoms with Gasteiger partial charge in [0.1, 0.15) is 34.3 Å². The number of fused-ring (bicyclic) bond motifs is 4. The van der Waals surface area contributed by atoms with Crippen molar-refractivity contribution in [3.05, 3.63) is 77.7 Å². The van der Waals surface area contributed by atoms with E-state index in [4.69, 9.17) is 26.1 Å². The van der Waals surface area contributed by atoms with Crippen molar-refractivity contribution in [3.8, 4) is 23.0 Å². The fraction of sp³-hybridized carbons (Fsp3) is 0.333. The highest BCUT2D eigenvalue weighted by Crippen LogP contribution is 2.39. The normalized spacial score (nSPS) is 21.6. The number of carboxylic acid groups (broad SMARTS) is 1. The summed E-state index contributed by atoms with van der Waals surface area (Å²) in [5.74, 6) is -0.114. The standard InChI is InChI=1S/C36H33ClF2N6O6S/c37-28-9-2-5-20-4-1-8-26(30(20)28)32-31(38)33-27(15-41-32)34(44-16-22-10-11-23(17-44)45(22)36(46)47)43-35(42-33)51-19-29-21(12-13-40-29)18-50-24-6-3-7-25(14-24)52(39,48)49/h1-9,14-15,21-23,29,40H,10-13,16-19H2,(H,46,47)/t21-,22?,23?,29+/m1/s1. The van der Waals surface area contributed by atoms with Crippen molar-refractivity contribution in [1.29, 1.82) is 0 Å². The van der Waals surface area contributed by atoms with Crippen LogP contribution in [-0.4, -0.2) is 90.4 Å². The Kier molecular flexibility index (Phi) is 8.96. The van der Waals surface area contributed by atoms with Crippen LogP contribution in [0.1, 0.15) is 19.3 Å². The number of hydrogen-bond donors (Lipinski definition) is 2. The lowest BCUT2D eigenvalue weighted by Gasteiger charge is -2.40. The van der Waals surface area contributed by atoms with Crippen molar-refractivity contribution in [2.75, 3.05) is 37.7 Å². The van der Waals surface area contributed by atoms with Gasteiger partial charge in [0.25, 0.3) is 0 Å². The Morgan fingerprint density at radius 2 is 1.75 bits per heavy atom. The number of aromatic nitrogens is 3. The number of nitrogens with one attached hydrogen (secondary N) is 1. The van der Waals surface area contributed by atoms with Gasteiger partial charge in [-0.3, -0.25) is 9.88 Å². The Morgan fingerprint density at radius 1 is 1.00 bits per heavy atom. The van der Waals surface area contributed by atoms with Gasteiger partial charge in [0.05, 0.1) is 24.1 Å². The van der Waals surface area contributed by atoms with Crippen LogP contribution in [0.5, 0.6) is 11.8 Å². The predicted molar refractivity (Wildman–Crippen MR) is 190 cm³/mol. The molecule has 5 heterocycles. The van der Waals surface area contributed by atoms with Crippen molar-refractivity contribution in [2.24, 2.45) is 5.92 Å². The number of carbonyl (C=O) groups is 1. The van der Waals surface area contributed by atoms with Crippen molar-refractivity contribution >= 4 is 55.4 Å². The minimum atomic E-state index is -4.88. The summed E-state index contributed by atoms with van der Waals surface area (Å²) in [7, 11) is -4.88. The smallest absolute Gasteiger partial charge is 0.407 e. The molecule has 3 aliphatic rings. The number of piperazine rings is 1. The van der Waals surface area contributed by atoms with E-state index in [9.17, 15) is 22.2 Å². The number of anilines is 1. The number of rotatable bonds is 9. The summed E-state index contributed by atoms with van der Waals surface area (Å²) in [5, 5.41) is 15.5. The molecule has 0 saturated carbocycles. The third kappa shape index (κ3) is 6.41. The van der Waals surface area contributed by atoms with Crippen LogP contribution >= 0.6 is 11.6 Å². The van der Waals surface area contributed by atoms with E-state index in [-0.39, 0.29) is 60.2 Å². The van der Waals surface area contributed by atoms with E-state index in [1.807, 2.05) is 29.2 Å². The SMILES string of the molecule is O=C(O)N1C2CCC1CN(c1nc(OC[C@@H]3NCC[C@@H]3COc3cccc(S(=O)(=O)F)c3)nc3c(F)c(-c4cccc5cccc(Cl)c45)ncc13)C2. The highest BCUT2D eigenvalue weighted by Gasteiger charge is 2.43. The minimum Gasteiger partial charge on any atom is -0.493 e. The molecule has 3 saturated heterocycles. The second-order valence-electron chi connectivity index (χ2n) is 13.3. The molecule has 8 rings (SSSR count). The van der Waals surface area contributed by atoms with Gasteiger partial charge in [-0.25, -0.2) is 9.18 Å². The van der Waals surface area contributed by atoms with Crippen LogP contribution in [0.2, 0.25) is 5.02 Å². The lowest BCUT2D eigenvalue weighted by atomic mass is 10.0. The molecule has 2 unspecified atom stereocenters. The number of nitrogens with zero attached hydrogens (tertiary/aromatic N) is 5. The molecule has 2 aromatic heterocycles. The largest absolute Gasteiger partial charge is 0.493 e. The van der Waals surface area contributed by atoms with Crippen molar-refractivity contribution in [3.63, 3.8) is 0 Å². The first-order valence-electron chi connectivity index (χ1n) is 16.9. The van der Waals surface area contributed by atoms with Crippen molar-refractivity contribution in [1.82, 2.24) is 25.2 Å². The maximum Gasteiger partial charge on any atom is 0.407 e. The Hall–Kier alpha value is -4.86. The summed E-state index contributed by atoms with van der Waals surface area (Å²) < 4.78 is 65.1. The molecule has 12 nitrogen and oxygen atoms in total. The lowest BCUT2D eigenvalue weighted by Crippen LogP contribution is -2.55. The molecule has 52 heavy (non-hydrogen) atoms. The number of hydrogen-bond acceptors (Lipinski definition) is 10. The molecule has 3 aromatic carbocycles. The third-order valence-corrected chi connectivity index (χ3v) is 11.3. The zero-order valence-electron chi connectivity index (χ0n) is 27.6. The molecule has 1 amide bonds. The highest BCUT2D eigenvalue weighted by atomic mass is 35.5. The summed E-state index contributed by atoms with van der Waals surface area (Å²) in [4.78, 5) is 28.9. The van der Waals surface area contributed by atoms with Crippen LogP contribution < -0.4 is 19.7 Å². The number of amides is 1. The van der Waals surface area contributed by atoms with Gasteiger partial charge in [-0.2, -0.15) is 18.4 Å². The molecule has 4 atom stereocenters. The summed E-state index contributed by atoms with van der Waals surface area (Å²) in [6.07, 6.45) is 2.74. The Morgan fingerprint density at radius 3 is 2.50 bits per heavy atom. The highest BCUT2D eigenvalue weighted by molar-refractivity contribution is 7.86. The number of halogens is 3. The summed E-state index contributed by atoms with van der Waals surface area (Å²) in [6.45, 7) is 1.71. The van der Waals surface area contributed by atoms with Crippen LogP contribution in [0.3, 0.4) is 0 Å². The van der Waals surface area contributed by atoms with Crippen LogP contribution in [0.25, 0.3) is 32.9 Å². The zero-order chi connectivity index (χ0) is 36.1. The van der Waals surface area contributed by atoms with Gasteiger partial charge >= 0.3 is 22.3 Å². The Bertz CT molecular complexity index is 2300. The fourth-order valence-corrected chi connectivity index (χ4v) is 8.48. The number of pyridine rings is 1. The van der Waals surface area contributed by atoms with Gasteiger partial charge in [0.2, 0.25) is 0 Å². The summed E-state index contributed by atoms with van der Waals surface area (Å²) in [5.41, 5.74) is 0.576. The van der Waals surface area contributed by atoms with E-state index in [0.717, 1.165) is 23.9 Å². The first-order chi connectivity index (χ1) is 25.0. The molecule has 270 valence electrons. The first kappa shape index (κ1) is 34.2. The first-order valence-corrected chi connectivity index (χ1v) is 18.6. The van der Waals surface area contributed by atoms with Gasteiger partial charge in [0, 0.05) is 53.3 Å². The molecular weight excluding hydrogens is 718 g/mol. The summed E-state index contributed by atoms with van der Waals surface area (Å²) in [6, 6.07) is 15.4. The third-order valence-electron chi connectivity index (χ3n) is 10.2. The minimum absolute atomic E-state index is 0.00373. The van der Waals surface area contributed by atoms with Gasteiger partial charge in [-0.05, 0) is 49.4 Å². The zero-order valence-corrected chi connectivity index (χ0v) is 29.2. The van der Waals surface area contributed by atoms with Gasteiger partial charge < -0.3 is 24.8 Å². The predicted octanol–water partition coefficient (Wildman–Crippen LogP) is 6.06. The molecule has 2 N–H and O–H groups in total. The average Bonchev–Trinajstić information content (AvgIpc) is 3.70.